The van der Waals surface area contributed by atoms with E-state index in [9.17, 15) is 13.2 Å². The molecule has 152 valence electrons. The van der Waals surface area contributed by atoms with Gasteiger partial charge in [0.1, 0.15) is 0 Å². The summed E-state index contributed by atoms with van der Waals surface area (Å²) in [5.74, 6) is 3.77. The molecule has 0 heterocycles. The Morgan fingerprint density at radius 3 is 2.18 bits per heavy atom. The fourth-order valence-corrected chi connectivity index (χ4v) is 9.17. The number of Topliss-reactive ketones (excluding diaryl/α,β-unsaturated/α-hetero) is 1. The fraction of sp³-hybridized carbons (Fsp3) is 0.682. The maximum absolute atomic E-state index is 13.4. The predicted octanol–water partition coefficient (Wildman–Crippen LogP) is 4.68. The standard InChI is InChI=1S/C22H28BrNO3S/c23-19-4-1-2-5-20(19)28(26,27)24-22(6-3-7-22)21(25)13-18-16-9-14-8-15(11-16)12-17(18)10-14/h1-2,4-5,14-18,24H,3,6-13H2. The second-order valence-electron chi connectivity index (χ2n) is 9.69. The molecule has 0 radical (unpaired) electrons. The highest BCUT2D eigenvalue weighted by atomic mass is 79.9. The van der Waals surface area contributed by atoms with Gasteiger partial charge in [-0.1, -0.05) is 12.1 Å². The summed E-state index contributed by atoms with van der Waals surface area (Å²) in [6, 6.07) is 6.81. The van der Waals surface area contributed by atoms with Crippen LogP contribution < -0.4 is 4.72 Å². The molecule has 0 unspecified atom stereocenters. The van der Waals surface area contributed by atoms with Crippen molar-refractivity contribution in [2.24, 2.45) is 29.6 Å². The third kappa shape index (κ3) is 3.20. The second kappa shape index (κ2) is 6.92. The Kier molecular flexibility index (Phi) is 4.76. The van der Waals surface area contributed by atoms with Crippen LogP contribution >= 0.6 is 15.9 Å². The van der Waals surface area contributed by atoms with Crippen LogP contribution in [0.15, 0.2) is 33.6 Å². The van der Waals surface area contributed by atoms with Crippen molar-refractivity contribution in [2.75, 3.05) is 0 Å². The number of halogens is 1. The van der Waals surface area contributed by atoms with Gasteiger partial charge in [-0.05, 0) is 109 Å². The maximum atomic E-state index is 13.4. The number of carbonyl (C=O) groups is 1. The molecule has 0 saturated heterocycles. The first-order valence-corrected chi connectivity index (χ1v) is 13.0. The molecule has 0 aromatic heterocycles. The average Bonchev–Trinajstić information content (AvgIpc) is 2.60. The van der Waals surface area contributed by atoms with Crippen molar-refractivity contribution in [1.29, 1.82) is 0 Å². The van der Waals surface area contributed by atoms with Crippen molar-refractivity contribution in [2.45, 2.75) is 68.2 Å². The van der Waals surface area contributed by atoms with Crippen LogP contribution in [-0.4, -0.2) is 19.7 Å². The minimum Gasteiger partial charge on any atom is -0.298 e. The van der Waals surface area contributed by atoms with Crippen molar-refractivity contribution in [3.8, 4) is 0 Å². The van der Waals surface area contributed by atoms with Gasteiger partial charge in [0.25, 0.3) is 0 Å². The van der Waals surface area contributed by atoms with Crippen LogP contribution in [0.1, 0.15) is 57.8 Å². The third-order valence-electron chi connectivity index (χ3n) is 8.04. The highest BCUT2D eigenvalue weighted by Gasteiger charge is 2.52. The zero-order valence-corrected chi connectivity index (χ0v) is 18.5. The summed E-state index contributed by atoms with van der Waals surface area (Å²) in [7, 11) is -3.73. The van der Waals surface area contributed by atoms with Crippen LogP contribution in [0.4, 0.5) is 0 Å². The van der Waals surface area contributed by atoms with Crippen LogP contribution in [0.25, 0.3) is 0 Å². The Labute approximate surface area is 176 Å². The number of nitrogens with one attached hydrogen (secondary N) is 1. The van der Waals surface area contributed by atoms with E-state index in [1.807, 2.05) is 0 Å². The summed E-state index contributed by atoms with van der Waals surface area (Å²) in [6.07, 6.45) is 9.30. The smallest absolute Gasteiger partial charge is 0.242 e. The Morgan fingerprint density at radius 1 is 1.04 bits per heavy atom. The zero-order valence-electron chi connectivity index (χ0n) is 16.1. The lowest BCUT2D eigenvalue weighted by Gasteiger charge is -2.55. The van der Waals surface area contributed by atoms with Crippen LogP contribution in [0.5, 0.6) is 0 Å². The van der Waals surface area contributed by atoms with E-state index in [-0.39, 0.29) is 10.7 Å². The Hall–Kier alpha value is -0.720. The van der Waals surface area contributed by atoms with E-state index in [4.69, 9.17) is 0 Å². The summed E-state index contributed by atoms with van der Waals surface area (Å²) < 4.78 is 29.4. The molecule has 4 nitrogen and oxygen atoms in total. The van der Waals surface area contributed by atoms with Crippen molar-refractivity contribution >= 4 is 31.7 Å². The Balaban J connectivity index is 1.34. The van der Waals surface area contributed by atoms with E-state index in [0.29, 0.717) is 41.5 Å². The van der Waals surface area contributed by atoms with Gasteiger partial charge in [0.15, 0.2) is 5.78 Å². The largest absolute Gasteiger partial charge is 0.298 e. The molecular formula is C22H28BrNO3S. The number of ketones is 1. The van der Waals surface area contributed by atoms with Crippen LogP contribution in [0.2, 0.25) is 0 Å². The fourth-order valence-electron chi connectivity index (χ4n) is 6.72. The molecule has 5 saturated carbocycles. The molecule has 0 amide bonds. The summed E-state index contributed by atoms with van der Waals surface area (Å²) in [4.78, 5) is 13.6. The quantitative estimate of drug-likeness (QED) is 0.662. The first kappa shape index (κ1) is 19.3. The van der Waals surface area contributed by atoms with E-state index in [1.165, 1.54) is 32.1 Å². The molecule has 1 aromatic carbocycles. The number of hydrogen-bond donors (Lipinski definition) is 1. The van der Waals surface area contributed by atoms with Crippen LogP contribution in [0, 0.1) is 29.6 Å². The Bertz CT molecular complexity index is 865. The first-order chi connectivity index (χ1) is 13.4. The van der Waals surface area contributed by atoms with Gasteiger partial charge in [0.2, 0.25) is 10.0 Å². The van der Waals surface area contributed by atoms with Crippen molar-refractivity contribution in [1.82, 2.24) is 4.72 Å². The number of sulfonamides is 1. The van der Waals surface area contributed by atoms with Crippen molar-refractivity contribution in [3.63, 3.8) is 0 Å². The number of benzene rings is 1. The van der Waals surface area contributed by atoms with Crippen LogP contribution in [-0.2, 0) is 14.8 Å². The lowest BCUT2D eigenvalue weighted by atomic mass is 9.50. The normalized spacial score (nSPS) is 35.5. The lowest BCUT2D eigenvalue weighted by molar-refractivity contribution is -0.133. The maximum Gasteiger partial charge on any atom is 0.242 e. The summed E-state index contributed by atoms with van der Waals surface area (Å²) in [5, 5.41) is 0. The Morgan fingerprint density at radius 2 is 1.64 bits per heavy atom. The summed E-state index contributed by atoms with van der Waals surface area (Å²) in [6.45, 7) is 0. The molecule has 0 spiro atoms. The van der Waals surface area contributed by atoms with Gasteiger partial charge in [0, 0.05) is 10.9 Å². The van der Waals surface area contributed by atoms with Crippen molar-refractivity contribution < 1.29 is 13.2 Å². The predicted molar refractivity (Wildman–Crippen MR) is 111 cm³/mol. The highest BCUT2D eigenvalue weighted by molar-refractivity contribution is 9.10. The van der Waals surface area contributed by atoms with E-state index >= 15 is 0 Å². The minimum absolute atomic E-state index is 0.131. The number of hydrogen-bond acceptors (Lipinski definition) is 3. The van der Waals surface area contributed by atoms with Gasteiger partial charge < -0.3 is 0 Å². The van der Waals surface area contributed by atoms with Gasteiger partial charge in [0.05, 0.1) is 10.4 Å². The molecule has 28 heavy (non-hydrogen) atoms. The SMILES string of the molecule is O=C(CC1C2CC3CC(C2)CC1C3)C1(NS(=O)(=O)c2ccccc2Br)CCC1. The van der Waals surface area contributed by atoms with Gasteiger partial charge in [-0.25, -0.2) is 8.42 Å². The van der Waals surface area contributed by atoms with Gasteiger partial charge in [-0.15, -0.1) is 0 Å². The second-order valence-corrected chi connectivity index (χ2v) is 12.2. The number of rotatable bonds is 6. The molecule has 0 atom stereocenters. The summed E-state index contributed by atoms with van der Waals surface area (Å²) >= 11 is 3.33. The molecule has 0 aliphatic heterocycles. The summed E-state index contributed by atoms with van der Waals surface area (Å²) in [5.41, 5.74) is -0.886. The molecule has 4 bridgehead atoms. The molecule has 6 rings (SSSR count). The van der Waals surface area contributed by atoms with Gasteiger partial charge in [-0.3, -0.25) is 4.79 Å². The molecule has 6 heteroatoms. The van der Waals surface area contributed by atoms with E-state index in [1.54, 1.807) is 24.3 Å². The van der Waals surface area contributed by atoms with Crippen LogP contribution in [0.3, 0.4) is 0 Å². The molecule has 1 aromatic rings. The molecule has 1 N–H and O–H groups in total. The van der Waals surface area contributed by atoms with E-state index in [2.05, 4.69) is 20.7 Å². The molecule has 5 aliphatic rings. The third-order valence-corrected chi connectivity index (χ3v) is 10.6. The first-order valence-electron chi connectivity index (χ1n) is 10.7. The topological polar surface area (TPSA) is 63.2 Å². The minimum atomic E-state index is -3.73. The van der Waals surface area contributed by atoms with Gasteiger partial charge >= 0.3 is 0 Å². The zero-order chi connectivity index (χ0) is 19.5. The molecular weight excluding hydrogens is 438 g/mol. The van der Waals surface area contributed by atoms with Gasteiger partial charge in [-0.2, -0.15) is 4.72 Å². The lowest BCUT2D eigenvalue weighted by Crippen LogP contribution is -2.60. The van der Waals surface area contributed by atoms with E-state index in [0.717, 1.165) is 18.3 Å². The average molecular weight is 466 g/mol. The molecule has 5 aliphatic carbocycles. The highest BCUT2D eigenvalue weighted by Crippen LogP contribution is 2.57. The van der Waals surface area contributed by atoms with E-state index < -0.39 is 15.6 Å². The number of carbonyl (C=O) groups excluding carboxylic acids is 1. The van der Waals surface area contributed by atoms with Crippen molar-refractivity contribution in [3.05, 3.63) is 28.7 Å². The monoisotopic (exact) mass is 465 g/mol. The molecule has 5 fully saturated rings.